The first-order valence-electron chi connectivity index (χ1n) is 7.87. The largest absolute Gasteiger partial charge is 0.490 e. The third kappa shape index (κ3) is 4.41. The van der Waals surface area contributed by atoms with Crippen molar-refractivity contribution in [1.82, 2.24) is 5.32 Å². The van der Waals surface area contributed by atoms with E-state index in [2.05, 4.69) is 5.32 Å². The summed E-state index contributed by atoms with van der Waals surface area (Å²) in [5, 5.41) is 3.32. The smallest absolute Gasteiger partial charge is 0.186 e. The molecule has 2 aromatic rings. The van der Waals surface area contributed by atoms with Crippen LogP contribution in [0.1, 0.15) is 30.4 Å². The van der Waals surface area contributed by atoms with E-state index >= 15 is 0 Å². The summed E-state index contributed by atoms with van der Waals surface area (Å²) in [6, 6.07) is 15.4. The number of rotatable bonds is 7. The molecule has 23 heavy (non-hydrogen) atoms. The molecule has 1 aliphatic rings. The second kappa shape index (κ2) is 7.73. The van der Waals surface area contributed by atoms with Crippen molar-refractivity contribution in [2.45, 2.75) is 43.4 Å². The Morgan fingerprint density at radius 1 is 1.13 bits per heavy atom. The molecule has 2 N–H and O–H groups in total. The summed E-state index contributed by atoms with van der Waals surface area (Å²) in [4.78, 5) is 0.437. The molecule has 3 rings (SSSR count). The highest BCUT2D eigenvalue weighted by molar-refractivity contribution is 7.79. The molecule has 0 heterocycles. The maximum absolute atomic E-state index is 11.5. The first-order chi connectivity index (χ1) is 11.2. The van der Waals surface area contributed by atoms with Gasteiger partial charge in [0.1, 0.15) is 5.75 Å². The molecule has 4 nitrogen and oxygen atoms in total. The molecular weight excluding hydrogens is 310 g/mol. The van der Waals surface area contributed by atoms with Crippen molar-refractivity contribution in [2.24, 2.45) is 0 Å². The zero-order valence-electron chi connectivity index (χ0n) is 12.9. The molecular formula is C18H21NO3S. The molecule has 0 aromatic heterocycles. The van der Waals surface area contributed by atoms with E-state index in [9.17, 15) is 8.76 Å². The van der Waals surface area contributed by atoms with Crippen LogP contribution in [-0.2, 0) is 24.2 Å². The normalized spacial score (nSPS) is 15.9. The Labute approximate surface area is 139 Å². The Hall–Kier alpha value is -1.69. The molecule has 1 aliphatic carbocycles. The van der Waals surface area contributed by atoms with E-state index in [1.807, 2.05) is 36.4 Å². The van der Waals surface area contributed by atoms with Crippen molar-refractivity contribution in [2.75, 3.05) is 0 Å². The second-order valence-electron chi connectivity index (χ2n) is 5.78. The Kier molecular flexibility index (Phi) is 5.43. The quantitative estimate of drug-likeness (QED) is 0.763. The molecule has 0 aliphatic heterocycles. The van der Waals surface area contributed by atoms with Gasteiger partial charge in [0.2, 0.25) is 0 Å². The van der Waals surface area contributed by atoms with Gasteiger partial charge in [0.05, 0.1) is 11.0 Å². The van der Waals surface area contributed by atoms with Crippen LogP contribution < -0.4 is 10.1 Å². The summed E-state index contributed by atoms with van der Waals surface area (Å²) < 4.78 is 26.8. The van der Waals surface area contributed by atoms with Crippen LogP contribution >= 0.6 is 0 Å². The predicted molar refractivity (Wildman–Crippen MR) is 90.7 cm³/mol. The van der Waals surface area contributed by atoms with E-state index in [4.69, 9.17) is 4.74 Å². The van der Waals surface area contributed by atoms with Crippen LogP contribution in [0.3, 0.4) is 0 Å². The van der Waals surface area contributed by atoms with Crippen molar-refractivity contribution in [3.63, 3.8) is 0 Å². The highest BCUT2D eigenvalue weighted by Crippen LogP contribution is 2.27. The lowest BCUT2D eigenvalue weighted by molar-refractivity contribution is 0.120. The SMILES string of the molecule is O=S(O)c1ccc(OC2CCC2)cc1CNCc1ccccc1. The molecule has 0 radical (unpaired) electrons. The molecule has 122 valence electrons. The number of benzene rings is 2. The summed E-state index contributed by atoms with van der Waals surface area (Å²) >= 11 is -1.99. The highest BCUT2D eigenvalue weighted by atomic mass is 32.2. The standard InChI is InChI=1S/C18H21NO3S/c20-23(21)18-10-9-17(22-16-7-4-8-16)11-15(18)13-19-12-14-5-2-1-3-6-14/h1-3,5-6,9-11,16,19H,4,7-8,12-13H2,(H,20,21). The molecule has 0 saturated heterocycles. The molecule has 1 saturated carbocycles. The minimum Gasteiger partial charge on any atom is -0.490 e. The van der Waals surface area contributed by atoms with Crippen LogP contribution in [0.2, 0.25) is 0 Å². The fraction of sp³-hybridized carbons (Fsp3) is 0.333. The lowest BCUT2D eigenvalue weighted by atomic mass is 9.96. The van der Waals surface area contributed by atoms with Crippen LogP contribution in [0.25, 0.3) is 0 Å². The van der Waals surface area contributed by atoms with Crippen molar-refractivity contribution in [3.05, 3.63) is 59.7 Å². The van der Waals surface area contributed by atoms with Gasteiger partial charge in [0.15, 0.2) is 11.1 Å². The highest BCUT2D eigenvalue weighted by Gasteiger charge is 2.19. The first kappa shape index (κ1) is 16.2. The molecule has 0 spiro atoms. The van der Waals surface area contributed by atoms with Crippen LogP contribution in [0.4, 0.5) is 0 Å². The summed E-state index contributed by atoms with van der Waals surface area (Å²) in [6.07, 6.45) is 3.70. The molecule has 1 fully saturated rings. The van der Waals surface area contributed by atoms with Crippen LogP contribution in [-0.4, -0.2) is 14.9 Å². The lowest BCUT2D eigenvalue weighted by Gasteiger charge is -2.26. The fourth-order valence-electron chi connectivity index (χ4n) is 2.56. The minimum atomic E-state index is -1.99. The van der Waals surface area contributed by atoms with Gasteiger partial charge in [-0.15, -0.1) is 0 Å². The van der Waals surface area contributed by atoms with Gasteiger partial charge in [-0.05, 0) is 48.6 Å². The van der Waals surface area contributed by atoms with Crippen molar-refractivity contribution >= 4 is 11.1 Å². The fourth-order valence-corrected chi connectivity index (χ4v) is 3.10. The van der Waals surface area contributed by atoms with Crippen molar-refractivity contribution in [1.29, 1.82) is 0 Å². The number of nitrogens with one attached hydrogen (secondary N) is 1. The first-order valence-corrected chi connectivity index (χ1v) is 8.98. The second-order valence-corrected chi connectivity index (χ2v) is 6.72. The summed E-state index contributed by atoms with van der Waals surface area (Å²) in [6.45, 7) is 1.24. The van der Waals surface area contributed by atoms with Gasteiger partial charge in [-0.2, -0.15) is 0 Å². The average molecular weight is 331 g/mol. The Morgan fingerprint density at radius 2 is 1.91 bits per heavy atom. The maximum atomic E-state index is 11.5. The zero-order chi connectivity index (χ0) is 16.1. The Balaban J connectivity index is 1.67. The molecule has 1 unspecified atom stereocenters. The molecule has 2 aromatic carbocycles. The van der Waals surface area contributed by atoms with E-state index in [0.29, 0.717) is 24.1 Å². The van der Waals surface area contributed by atoms with Gasteiger partial charge in [0.25, 0.3) is 0 Å². The van der Waals surface area contributed by atoms with E-state index in [-0.39, 0.29) is 0 Å². The van der Waals surface area contributed by atoms with Gasteiger partial charge in [-0.3, -0.25) is 0 Å². The summed E-state index contributed by atoms with van der Waals surface area (Å²) in [5.74, 6) is 0.778. The summed E-state index contributed by atoms with van der Waals surface area (Å²) in [7, 11) is 0. The van der Waals surface area contributed by atoms with Gasteiger partial charge in [-0.1, -0.05) is 30.3 Å². The van der Waals surface area contributed by atoms with E-state index in [1.165, 1.54) is 12.0 Å². The Bertz CT molecular complexity index is 671. The van der Waals surface area contributed by atoms with Gasteiger partial charge < -0.3 is 14.6 Å². The zero-order valence-corrected chi connectivity index (χ0v) is 13.7. The maximum Gasteiger partial charge on any atom is 0.186 e. The van der Waals surface area contributed by atoms with E-state index in [1.54, 1.807) is 12.1 Å². The Morgan fingerprint density at radius 3 is 2.57 bits per heavy atom. The van der Waals surface area contributed by atoms with Gasteiger partial charge in [0, 0.05) is 13.1 Å². The molecule has 0 bridgehead atoms. The monoisotopic (exact) mass is 331 g/mol. The van der Waals surface area contributed by atoms with Crippen LogP contribution in [0.5, 0.6) is 5.75 Å². The van der Waals surface area contributed by atoms with Crippen molar-refractivity contribution in [3.8, 4) is 5.75 Å². The lowest BCUT2D eigenvalue weighted by Crippen LogP contribution is -2.24. The number of hydrogen-bond acceptors (Lipinski definition) is 3. The third-order valence-corrected chi connectivity index (χ3v) is 4.84. The summed E-state index contributed by atoms with van der Waals surface area (Å²) in [5.41, 5.74) is 1.99. The molecule has 5 heteroatoms. The predicted octanol–water partition coefficient (Wildman–Crippen LogP) is 3.49. The topological polar surface area (TPSA) is 58.6 Å². The third-order valence-electron chi connectivity index (χ3n) is 4.06. The van der Waals surface area contributed by atoms with Crippen LogP contribution in [0, 0.1) is 0 Å². The number of ether oxygens (including phenoxy) is 1. The molecule has 1 atom stereocenters. The number of hydrogen-bond donors (Lipinski definition) is 2. The minimum absolute atomic E-state index is 0.297. The van der Waals surface area contributed by atoms with E-state index in [0.717, 1.165) is 24.2 Å². The average Bonchev–Trinajstić information content (AvgIpc) is 2.52. The van der Waals surface area contributed by atoms with Crippen LogP contribution in [0.15, 0.2) is 53.4 Å². The molecule has 0 amide bonds. The van der Waals surface area contributed by atoms with E-state index < -0.39 is 11.1 Å². The van der Waals surface area contributed by atoms with Gasteiger partial charge in [-0.25, -0.2) is 4.21 Å². The van der Waals surface area contributed by atoms with Gasteiger partial charge >= 0.3 is 0 Å². The van der Waals surface area contributed by atoms with Crippen molar-refractivity contribution < 1.29 is 13.5 Å².